The van der Waals surface area contributed by atoms with Crippen LogP contribution in [0, 0.1) is 12.0 Å². The van der Waals surface area contributed by atoms with Crippen molar-refractivity contribution >= 4 is 0 Å². The van der Waals surface area contributed by atoms with Gasteiger partial charge in [-0.2, -0.15) is 5.57 Å². The molecule has 1 unspecified atom stereocenters. The second-order valence-electron chi connectivity index (χ2n) is 2.44. The molecule has 0 nitrogen and oxygen atoms in total. The predicted octanol–water partition coefficient (Wildman–Crippen LogP) is -6.66. The van der Waals surface area contributed by atoms with Crippen molar-refractivity contribution in [3.8, 4) is 0 Å². The van der Waals surface area contributed by atoms with Gasteiger partial charge in [0.25, 0.3) is 0 Å². The van der Waals surface area contributed by atoms with Gasteiger partial charge >= 0.3 is 26.2 Å². The van der Waals surface area contributed by atoms with E-state index in [1.54, 1.807) is 0 Å². The molecule has 1 rings (SSSR count). The van der Waals surface area contributed by atoms with Crippen molar-refractivity contribution in [3.05, 3.63) is 23.3 Å². The molecule has 0 N–H and O–H groups in total. The normalized spacial score (nSPS) is 18.4. The third-order valence-corrected chi connectivity index (χ3v) is 1.57. The first-order chi connectivity index (χ1) is 3.70. The maximum absolute atomic E-state index is 3.29. The van der Waals surface area contributed by atoms with Gasteiger partial charge in [0, 0.05) is 0 Å². The molecule has 0 saturated heterocycles. The molecule has 0 fully saturated rings. The summed E-state index contributed by atoms with van der Waals surface area (Å²) in [6.07, 6.45) is 5.48. The number of allylic oxidation sites excluding steroid dienone is 4. The van der Waals surface area contributed by atoms with Crippen molar-refractivity contribution < 1.29 is 63.4 Å². The zero-order valence-corrected chi connectivity index (χ0v) is 12.0. The first-order valence-electron chi connectivity index (χ1n) is 2.98. The third kappa shape index (κ3) is 6.72. The van der Waals surface area contributed by atoms with Gasteiger partial charge in [-0.15, -0.1) is 0 Å². The maximum atomic E-state index is 3.29. The van der Waals surface area contributed by atoms with E-state index < -0.39 is 0 Å². The van der Waals surface area contributed by atoms with Gasteiger partial charge in [-0.25, -0.2) is 11.6 Å². The average molecular weight is 305 g/mol. The fourth-order valence-corrected chi connectivity index (χ4v) is 0.964. The number of hydrogen-bond donors (Lipinski definition) is 0. The molecule has 4 heteroatoms. The molecule has 0 aromatic rings. The zero-order chi connectivity index (χ0) is 6.15. The van der Waals surface area contributed by atoms with E-state index in [1.165, 1.54) is 11.1 Å². The largest absolute Gasteiger partial charge is 4.00 e. The Labute approximate surface area is 113 Å². The Morgan fingerprint density at radius 3 is 1.67 bits per heavy atom. The van der Waals surface area contributed by atoms with Crippen molar-refractivity contribution in [1.29, 1.82) is 0 Å². The number of halogens is 3. The molecule has 0 amide bonds. The average Bonchev–Trinajstić information content (AvgIpc) is 1.85. The van der Waals surface area contributed by atoms with Gasteiger partial charge in [0.15, 0.2) is 0 Å². The van der Waals surface area contributed by atoms with E-state index >= 15 is 0 Å². The van der Waals surface area contributed by atoms with E-state index in [0.29, 0.717) is 5.92 Å². The maximum Gasteiger partial charge on any atom is 4.00 e. The van der Waals surface area contributed by atoms with Crippen LogP contribution in [-0.2, 0) is 26.2 Å². The van der Waals surface area contributed by atoms with E-state index in [1.807, 2.05) is 0 Å². The van der Waals surface area contributed by atoms with Gasteiger partial charge in [0.2, 0.25) is 0 Å². The molecule has 0 aromatic heterocycles. The topological polar surface area (TPSA) is 0 Å². The van der Waals surface area contributed by atoms with Gasteiger partial charge < -0.3 is 37.2 Å². The molecule has 1 aliphatic carbocycles. The Balaban J connectivity index is -0.0000000800. The molecule has 0 saturated carbocycles. The van der Waals surface area contributed by atoms with E-state index in [0.717, 1.165) is 0 Å². The van der Waals surface area contributed by atoms with Crippen LogP contribution in [0.4, 0.5) is 0 Å². The summed E-state index contributed by atoms with van der Waals surface area (Å²) >= 11 is 0. The molecule has 0 bridgehead atoms. The molecule has 12 heavy (non-hydrogen) atoms. The summed E-state index contributed by atoms with van der Waals surface area (Å²) in [6.45, 7) is 6.41. The van der Waals surface area contributed by atoms with Gasteiger partial charge in [0.1, 0.15) is 0 Å². The molecule has 68 valence electrons. The zero-order valence-electron chi connectivity index (χ0n) is 7.29. The Hall–Kier alpha value is 1.23. The van der Waals surface area contributed by atoms with Crippen molar-refractivity contribution in [2.45, 2.75) is 20.8 Å². The smallest absolute Gasteiger partial charge is 1.00 e. The molecule has 0 aliphatic heterocycles. The fourth-order valence-electron chi connectivity index (χ4n) is 0.964. The van der Waals surface area contributed by atoms with Crippen LogP contribution in [0.1, 0.15) is 20.8 Å². The van der Waals surface area contributed by atoms with Crippen LogP contribution in [0.15, 0.2) is 17.2 Å². The summed E-state index contributed by atoms with van der Waals surface area (Å²) in [5, 5.41) is 0. The van der Waals surface area contributed by atoms with Crippen molar-refractivity contribution in [2.24, 2.45) is 5.92 Å². The third-order valence-electron chi connectivity index (χ3n) is 1.57. The fraction of sp³-hybridized carbons (Fsp3) is 0.500. The summed E-state index contributed by atoms with van der Waals surface area (Å²) < 4.78 is 0. The van der Waals surface area contributed by atoms with Gasteiger partial charge in [-0.3, -0.25) is 6.08 Å². The molecule has 1 aliphatic rings. The molecule has 1 atom stereocenters. The molecular weight excluding hydrogens is 294 g/mol. The number of hydrogen-bond acceptors (Lipinski definition) is 0. The minimum absolute atomic E-state index is 0. The van der Waals surface area contributed by atoms with E-state index in [4.69, 9.17) is 0 Å². The number of rotatable bonds is 0. The second-order valence-corrected chi connectivity index (χ2v) is 2.44. The Bertz CT molecular complexity index is 164. The molecular formula is C8H11Cl3Zr. The summed E-state index contributed by atoms with van der Waals surface area (Å²) in [5.74, 6) is 0.565. The van der Waals surface area contributed by atoms with Crippen LogP contribution >= 0.6 is 0 Å². The van der Waals surface area contributed by atoms with Crippen LogP contribution in [0.3, 0.4) is 0 Å². The van der Waals surface area contributed by atoms with E-state index in [-0.39, 0.29) is 63.4 Å². The van der Waals surface area contributed by atoms with E-state index in [9.17, 15) is 0 Å². The van der Waals surface area contributed by atoms with Crippen LogP contribution < -0.4 is 37.2 Å². The molecule has 0 spiro atoms. The molecule has 0 radical (unpaired) electrons. The standard InChI is InChI=1S/C8H11.3ClH.Zr/c1-6-4-7(2)8(3)5-6;;;;/h4,8H,1-3H3;3*1H;/q-1;;;;+4/p-3. The van der Waals surface area contributed by atoms with Gasteiger partial charge in [0.05, 0.1) is 0 Å². The van der Waals surface area contributed by atoms with Gasteiger partial charge in [-0.05, 0) is 0 Å². The molecule has 0 heterocycles. The van der Waals surface area contributed by atoms with E-state index in [2.05, 4.69) is 32.9 Å². The quantitative estimate of drug-likeness (QED) is 0.391. The van der Waals surface area contributed by atoms with Crippen LogP contribution in [-0.4, -0.2) is 0 Å². The predicted molar refractivity (Wildman–Crippen MR) is 35.4 cm³/mol. The summed E-state index contributed by atoms with van der Waals surface area (Å²) in [5.41, 5.74) is 2.72. The minimum atomic E-state index is 0. The first-order valence-corrected chi connectivity index (χ1v) is 2.98. The van der Waals surface area contributed by atoms with Crippen LogP contribution in [0.2, 0.25) is 0 Å². The van der Waals surface area contributed by atoms with Gasteiger partial charge in [-0.1, -0.05) is 26.7 Å². The monoisotopic (exact) mass is 302 g/mol. The first kappa shape index (κ1) is 23.2. The Morgan fingerprint density at radius 1 is 1.17 bits per heavy atom. The van der Waals surface area contributed by atoms with Crippen LogP contribution in [0.5, 0.6) is 0 Å². The second kappa shape index (κ2) is 10.3. The minimum Gasteiger partial charge on any atom is -1.00 e. The van der Waals surface area contributed by atoms with Crippen LogP contribution in [0.25, 0.3) is 0 Å². The summed E-state index contributed by atoms with van der Waals surface area (Å²) in [6, 6.07) is 0. The summed E-state index contributed by atoms with van der Waals surface area (Å²) in [4.78, 5) is 0. The van der Waals surface area contributed by atoms with Crippen molar-refractivity contribution in [3.63, 3.8) is 0 Å². The van der Waals surface area contributed by atoms with Crippen molar-refractivity contribution in [2.75, 3.05) is 0 Å². The Kier molecular flexibility index (Phi) is 20.0. The van der Waals surface area contributed by atoms with Crippen molar-refractivity contribution in [1.82, 2.24) is 0 Å². The SMILES string of the molecule is CC1=[C-]C(C)C(C)=C1.[Cl-].[Cl-].[Cl-].[Zr+4]. The molecule has 0 aromatic carbocycles. The summed E-state index contributed by atoms with van der Waals surface area (Å²) in [7, 11) is 0. The Morgan fingerprint density at radius 2 is 1.58 bits per heavy atom.